The van der Waals surface area contributed by atoms with Crippen LogP contribution < -0.4 is 10.1 Å². The van der Waals surface area contributed by atoms with E-state index in [1.165, 1.54) is 5.56 Å². The number of hydrogen-bond donors (Lipinski definition) is 1. The van der Waals surface area contributed by atoms with E-state index >= 15 is 0 Å². The number of benzene rings is 2. The van der Waals surface area contributed by atoms with Gasteiger partial charge in [-0.15, -0.1) is 0 Å². The molecule has 1 aromatic heterocycles. The van der Waals surface area contributed by atoms with Crippen molar-refractivity contribution in [1.29, 1.82) is 0 Å². The molecule has 1 atom stereocenters. The smallest absolute Gasteiger partial charge is 0.223 e. The summed E-state index contributed by atoms with van der Waals surface area (Å²) in [6.07, 6.45) is 5.25. The number of aromatic nitrogens is 2. The summed E-state index contributed by atoms with van der Waals surface area (Å²) in [5.74, 6) is 0.911. The van der Waals surface area contributed by atoms with Crippen LogP contribution in [0, 0.1) is 5.92 Å². The van der Waals surface area contributed by atoms with Gasteiger partial charge in [0.25, 0.3) is 0 Å². The zero-order valence-corrected chi connectivity index (χ0v) is 15.2. The van der Waals surface area contributed by atoms with Crippen molar-refractivity contribution in [2.45, 2.75) is 25.9 Å². The maximum atomic E-state index is 12.6. The highest BCUT2D eigenvalue weighted by Crippen LogP contribution is 2.26. The molecule has 0 saturated carbocycles. The molecular weight excluding hydrogens is 338 g/mol. The van der Waals surface area contributed by atoms with E-state index in [1.54, 1.807) is 0 Å². The second kappa shape index (κ2) is 8.08. The van der Waals surface area contributed by atoms with Gasteiger partial charge in [0.1, 0.15) is 5.75 Å². The molecule has 27 heavy (non-hydrogen) atoms. The van der Waals surface area contributed by atoms with Crippen LogP contribution in [0.2, 0.25) is 0 Å². The van der Waals surface area contributed by atoms with Crippen molar-refractivity contribution in [2.24, 2.45) is 5.92 Å². The number of fused-ring (bicyclic) bond motifs is 1. The zero-order valence-electron chi connectivity index (χ0n) is 15.2. The maximum Gasteiger partial charge on any atom is 0.223 e. The predicted molar refractivity (Wildman–Crippen MR) is 103 cm³/mol. The first-order chi connectivity index (χ1) is 13.3. The topological polar surface area (TPSA) is 56.2 Å². The van der Waals surface area contributed by atoms with Gasteiger partial charge in [0, 0.05) is 24.2 Å². The van der Waals surface area contributed by atoms with Crippen molar-refractivity contribution in [3.05, 3.63) is 83.7 Å². The molecule has 1 N–H and O–H groups in total. The lowest BCUT2D eigenvalue weighted by molar-refractivity contribution is -0.125. The summed E-state index contributed by atoms with van der Waals surface area (Å²) in [6, 6.07) is 18.2. The number of carbonyl (C=O) groups is 1. The lowest BCUT2D eigenvalue weighted by Gasteiger charge is -2.13. The van der Waals surface area contributed by atoms with Crippen LogP contribution in [0.4, 0.5) is 0 Å². The molecule has 0 radical (unpaired) electrons. The van der Waals surface area contributed by atoms with Gasteiger partial charge in [-0.25, -0.2) is 0 Å². The van der Waals surface area contributed by atoms with E-state index in [4.69, 9.17) is 4.74 Å². The Morgan fingerprint density at radius 3 is 2.81 bits per heavy atom. The van der Waals surface area contributed by atoms with Crippen molar-refractivity contribution in [3.8, 4) is 5.75 Å². The highest BCUT2D eigenvalue weighted by Gasteiger charge is 2.23. The van der Waals surface area contributed by atoms with Gasteiger partial charge in [-0.05, 0) is 30.0 Å². The fourth-order valence-corrected chi connectivity index (χ4v) is 3.40. The third-order valence-electron chi connectivity index (χ3n) is 4.87. The van der Waals surface area contributed by atoms with Crippen LogP contribution in [0.25, 0.3) is 0 Å². The number of nitrogens with one attached hydrogen (secondary N) is 1. The molecule has 0 bridgehead atoms. The number of nitrogens with zero attached hydrogens (tertiary/aromatic N) is 2. The van der Waals surface area contributed by atoms with Crippen molar-refractivity contribution in [3.63, 3.8) is 0 Å². The first-order valence-corrected chi connectivity index (χ1v) is 9.31. The van der Waals surface area contributed by atoms with Gasteiger partial charge >= 0.3 is 0 Å². The molecule has 3 aromatic rings. The molecule has 0 saturated heterocycles. The monoisotopic (exact) mass is 361 g/mol. The molecule has 1 unspecified atom stereocenters. The van der Waals surface area contributed by atoms with Crippen LogP contribution in [0.15, 0.2) is 67.0 Å². The summed E-state index contributed by atoms with van der Waals surface area (Å²) >= 11 is 0. The van der Waals surface area contributed by atoms with Gasteiger partial charge in [0.2, 0.25) is 5.91 Å². The summed E-state index contributed by atoms with van der Waals surface area (Å²) in [5.41, 5.74) is 3.31. The molecule has 1 amide bonds. The lowest BCUT2D eigenvalue weighted by atomic mass is 9.96. The molecule has 4 rings (SSSR count). The van der Waals surface area contributed by atoms with Gasteiger partial charge in [-0.3, -0.25) is 9.48 Å². The first kappa shape index (κ1) is 17.3. The third kappa shape index (κ3) is 4.37. The van der Waals surface area contributed by atoms with Crippen LogP contribution in [-0.4, -0.2) is 22.3 Å². The van der Waals surface area contributed by atoms with Crippen LogP contribution in [-0.2, 0) is 24.3 Å². The standard InChI is InChI=1S/C22H23N3O2/c26-22(20-10-11-27-21-9-5-4-8-19(21)12-20)23-13-18-14-24-25(16-18)15-17-6-2-1-3-7-17/h1-9,14,16,20H,10-13,15H2,(H,23,26). The molecule has 5 nitrogen and oxygen atoms in total. The zero-order chi connectivity index (χ0) is 18.5. The van der Waals surface area contributed by atoms with Gasteiger partial charge in [0.15, 0.2) is 0 Å². The van der Waals surface area contributed by atoms with E-state index in [0.717, 1.165) is 36.3 Å². The molecule has 0 spiro atoms. The summed E-state index contributed by atoms with van der Waals surface area (Å²) in [6.45, 7) is 1.79. The molecule has 1 aliphatic rings. The van der Waals surface area contributed by atoms with E-state index in [1.807, 2.05) is 59.5 Å². The molecule has 1 aliphatic heterocycles. The van der Waals surface area contributed by atoms with Crippen LogP contribution >= 0.6 is 0 Å². The van der Waals surface area contributed by atoms with Crippen molar-refractivity contribution in [2.75, 3.05) is 6.61 Å². The summed E-state index contributed by atoms with van der Waals surface area (Å²) in [4.78, 5) is 12.6. The number of para-hydroxylation sites is 1. The SMILES string of the molecule is O=C(NCc1cnn(Cc2ccccc2)c1)C1CCOc2ccccc2C1. The van der Waals surface area contributed by atoms with E-state index in [2.05, 4.69) is 22.5 Å². The summed E-state index contributed by atoms with van der Waals surface area (Å²) < 4.78 is 7.65. The third-order valence-corrected chi connectivity index (χ3v) is 4.87. The highest BCUT2D eigenvalue weighted by atomic mass is 16.5. The van der Waals surface area contributed by atoms with Crippen molar-refractivity contribution in [1.82, 2.24) is 15.1 Å². The van der Waals surface area contributed by atoms with Crippen molar-refractivity contribution < 1.29 is 9.53 Å². The summed E-state index contributed by atoms with van der Waals surface area (Å²) in [5, 5.41) is 7.45. The molecular formula is C22H23N3O2. The summed E-state index contributed by atoms with van der Waals surface area (Å²) in [7, 11) is 0. The van der Waals surface area contributed by atoms with Crippen molar-refractivity contribution >= 4 is 5.91 Å². The van der Waals surface area contributed by atoms with Gasteiger partial charge in [0.05, 0.1) is 19.3 Å². The van der Waals surface area contributed by atoms with E-state index in [9.17, 15) is 4.79 Å². The van der Waals surface area contributed by atoms with Gasteiger partial charge < -0.3 is 10.1 Å². The Hall–Kier alpha value is -3.08. The number of ether oxygens (including phenoxy) is 1. The highest BCUT2D eigenvalue weighted by molar-refractivity contribution is 5.79. The fourth-order valence-electron chi connectivity index (χ4n) is 3.40. The Morgan fingerprint density at radius 1 is 1.11 bits per heavy atom. The lowest BCUT2D eigenvalue weighted by Crippen LogP contribution is -2.31. The predicted octanol–water partition coefficient (Wildman–Crippen LogP) is 3.19. The minimum Gasteiger partial charge on any atom is -0.493 e. The number of hydrogen-bond acceptors (Lipinski definition) is 3. The second-order valence-corrected chi connectivity index (χ2v) is 6.90. The molecule has 138 valence electrons. The second-order valence-electron chi connectivity index (χ2n) is 6.90. The Kier molecular flexibility index (Phi) is 5.19. The Bertz CT molecular complexity index is 905. The average Bonchev–Trinajstić information content (AvgIpc) is 3.02. The van der Waals surface area contributed by atoms with Gasteiger partial charge in [-0.1, -0.05) is 48.5 Å². The average molecular weight is 361 g/mol. The first-order valence-electron chi connectivity index (χ1n) is 9.31. The van der Waals surface area contributed by atoms with E-state index in [0.29, 0.717) is 13.2 Å². The maximum absolute atomic E-state index is 12.6. The van der Waals surface area contributed by atoms with Crippen LogP contribution in [0.5, 0.6) is 5.75 Å². The largest absolute Gasteiger partial charge is 0.493 e. The molecule has 2 heterocycles. The Balaban J connectivity index is 1.33. The number of rotatable bonds is 5. The molecule has 2 aromatic carbocycles. The number of amides is 1. The Labute approximate surface area is 159 Å². The van der Waals surface area contributed by atoms with E-state index in [-0.39, 0.29) is 11.8 Å². The minimum atomic E-state index is -0.0620. The fraction of sp³-hybridized carbons (Fsp3) is 0.273. The van der Waals surface area contributed by atoms with Gasteiger partial charge in [-0.2, -0.15) is 5.10 Å². The van der Waals surface area contributed by atoms with Crippen LogP contribution in [0.1, 0.15) is 23.1 Å². The molecule has 0 fully saturated rings. The quantitative estimate of drug-likeness (QED) is 0.759. The molecule has 5 heteroatoms. The van der Waals surface area contributed by atoms with Crippen LogP contribution in [0.3, 0.4) is 0 Å². The Morgan fingerprint density at radius 2 is 1.93 bits per heavy atom. The van der Waals surface area contributed by atoms with E-state index < -0.39 is 0 Å². The molecule has 0 aliphatic carbocycles. The number of carbonyl (C=O) groups excluding carboxylic acids is 1. The normalized spacial score (nSPS) is 16.1. The minimum absolute atomic E-state index is 0.0620.